The van der Waals surface area contributed by atoms with Crippen LogP contribution in [0.4, 0.5) is 0 Å². The molecule has 2 heterocycles. The molecule has 0 radical (unpaired) electrons. The van der Waals surface area contributed by atoms with Gasteiger partial charge in [0.2, 0.25) is 0 Å². The molecule has 2 aromatic rings. The van der Waals surface area contributed by atoms with Gasteiger partial charge in [-0.3, -0.25) is 9.59 Å². The molecule has 1 atom stereocenters. The molecule has 1 aliphatic heterocycles. The second-order valence-electron chi connectivity index (χ2n) is 6.98. The predicted molar refractivity (Wildman–Crippen MR) is 115 cm³/mol. The van der Waals surface area contributed by atoms with Crippen LogP contribution in [0.1, 0.15) is 33.6 Å². The monoisotopic (exact) mass is 455 g/mol. The minimum absolute atomic E-state index is 0.0499. The molecule has 0 bridgehead atoms. The number of carbonyl (C=O) groups excluding carboxylic acids is 2. The summed E-state index contributed by atoms with van der Waals surface area (Å²) in [6, 6.07) is 4.97. The van der Waals surface area contributed by atoms with E-state index in [1.807, 2.05) is 0 Å². The van der Waals surface area contributed by atoms with Gasteiger partial charge in [-0.15, -0.1) is 11.3 Å². The molecular weight excluding hydrogens is 433 g/mol. The van der Waals surface area contributed by atoms with Crippen molar-refractivity contribution in [1.82, 2.24) is 14.8 Å². The molecule has 2 amide bonds. The van der Waals surface area contributed by atoms with Crippen LogP contribution in [0.5, 0.6) is 0 Å². The van der Waals surface area contributed by atoms with Gasteiger partial charge >= 0.3 is 0 Å². The second-order valence-corrected chi connectivity index (χ2v) is 8.97. The fourth-order valence-corrected chi connectivity index (χ4v) is 4.83. The Morgan fingerprint density at radius 3 is 2.38 bits per heavy atom. The fraction of sp³-hybridized carbons (Fsp3) is 0.450. The first-order chi connectivity index (χ1) is 13.9. The number of amides is 2. The highest BCUT2D eigenvalue weighted by Gasteiger charge is 2.29. The Morgan fingerprint density at radius 2 is 1.76 bits per heavy atom. The average Bonchev–Trinajstić information content (AvgIpc) is 3.15. The number of aliphatic hydroxyl groups excluding tert-OH is 1. The highest BCUT2D eigenvalue weighted by Crippen LogP contribution is 2.21. The first-order valence-electron chi connectivity index (χ1n) is 9.53. The number of piperazine rings is 1. The first-order valence-corrected chi connectivity index (χ1v) is 11.1. The van der Waals surface area contributed by atoms with Gasteiger partial charge in [-0.2, -0.15) is 0 Å². The van der Waals surface area contributed by atoms with Crippen molar-refractivity contribution in [3.8, 4) is 0 Å². The van der Waals surface area contributed by atoms with Crippen molar-refractivity contribution in [2.75, 3.05) is 26.2 Å². The summed E-state index contributed by atoms with van der Waals surface area (Å²) in [6.07, 6.45) is 2.46. The average molecular weight is 456 g/mol. The van der Waals surface area contributed by atoms with Crippen molar-refractivity contribution in [3.05, 3.63) is 49.9 Å². The van der Waals surface area contributed by atoms with Crippen molar-refractivity contribution in [3.63, 3.8) is 0 Å². The third-order valence-corrected chi connectivity index (χ3v) is 6.22. The van der Waals surface area contributed by atoms with Crippen molar-refractivity contribution in [2.24, 2.45) is 0 Å². The zero-order valence-corrected chi connectivity index (χ0v) is 18.4. The molecule has 1 aromatic heterocycles. The van der Waals surface area contributed by atoms with Crippen molar-refractivity contribution >= 4 is 46.4 Å². The molecular formula is C20H23Cl2N3O3S. The van der Waals surface area contributed by atoms with Crippen LogP contribution < -0.4 is 0 Å². The van der Waals surface area contributed by atoms with Crippen LogP contribution in [0.3, 0.4) is 0 Å². The third kappa shape index (κ3) is 5.69. The number of halogens is 2. The van der Waals surface area contributed by atoms with E-state index in [-0.39, 0.29) is 18.2 Å². The van der Waals surface area contributed by atoms with Gasteiger partial charge in [0, 0.05) is 42.6 Å². The summed E-state index contributed by atoms with van der Waals surface area (Å²) >= 11 is 13.4. The molecule has 3 rings (SSSR count). The van der Waals surface area contributed by atoms with Gasteiger partial charge in [-0.1, -0.05) is 30.1 Å². The van der Waals surface area contributed by atoms with Crippen LogP contribution in [-0.4, -0.2) is 64.0 Å². The maximum absolute atomic E-state index is 12.7. The van der Waals surface area contributed by atoms with Crippen LogP contribution >= 0.6 is 34.5 Å². The van der Waals surface area contributed by atoms with Crippen LogP contribution in [0.2, 0.25) is 10.0 Å². The number of aryl methyl sites for hydroxylation is 1. The molecule has 6 nitrogen and oxygen atoms in total. The lowest BCUT2D eigenvalue weighted by molar-refractivity contribution is -0.141. The Bertz CT molecular complexity index is 861. The van der Waals surface area contributed by atoms with Gasteiger partial charge in [-0.05, 0) is 36.6 Å². The van der Waals surface area contributed by atoms with E-state index in [0.717, 1.165) is 17.8 Å². The number of thiazole rings is 1. The highest BCUT2D eigenvalue weighted by molar-refractivity contribution is 7.13. The van der Waals surface area contributed by atoms with Crippen molar-refractivity contribution in [2.45, 2.75) is 32.3 Å². The lowest BCUT2D eigenvalue weighted by atomic mass is 10.1. The molecule has 1 N–H and O–H groups in total. The highest BCUT2D eigenvalue weighted by atomic mass is 35.5. The Kier molecular flexibility index (Phi) is 7.51. The Morgan fingerprint density at radius 1 is 1.14 bits per heavy atom. The smallest absolute Gasteiger partial charge is 0.265 e. The molecule has 0 aliphatic carbocycles. The predicted octanol–water partition coefficient (Wildman–Crippen LogP) is 3.29. The van der Waals surface area contributed by atoms with Crippen molar-refractivity contribution < 1.29 is 14.7 Å². The Balaban J connectivity index is 1.53. The molecule has 1 aromatic carbocycles. The second kappa shape index (κ2) is 9.89. The number of aliphatic hydroxyl groups is 1. The van der Waals surface area contributed by atoms with Gasteiger partial charge in [0.25, 0.3) is 11.8 Å². The fourth-order valence-electron chi connectivity index (χ4n) is 3.27. The summed E-state index contributed by atoms with van der Waals surface area (Å²) in [5, 5.41) is 12.2. The zero-order chi connectivity index (χ0) is 21.0. The molecule has 1 saturated heterocycles. The Labute approximate surface area is 184 Å². The van der Waals surface area contributed by atoms with E-state index in [0.29, 0.717) is 46.7 Å². The van der Waals surface area contributed by atoms with Crippen LogP contribution in [0.25, 0.3) is 0 Å². The van der Waals surface area contributed by atoms with E-state index in [4.69, 9.17) is 23.2 Å². The number of rotatable bonds is 6. The van der Waals surface area contributed by atoms with Crippen molar-refractivity contribution in [1.29, 1.82) is 0 Å². The molecule has 1 aliphatic rings. The van der Waals surface area contributed by atoms with E-state index in [1.54, 1.807) is 34.2 Å². The van der Waals surface area contributed by atoms with Gasteiger partial charge < -0.3 is 14.9 Å². The van der Waals surface area contributed by atoms with E-state index in [1.165, 1.54) is 11.3 Å². The SMILES string of the molecule is CCCc1ncc(C(=O)N2CCN(C(=O)C(O)Cc3cc(Cl)cc(Cl)c3)CC2)s1. The van der Waals surface area contributed by atoms with Gasteiger partial charge in [0.15, 0.2) is 0 Å². The lowest BCUT2D eigenvalue weighted by Crippen LogP contribution is -2.53. The number of carbonyl (C=O) groups is 2. The van der Waals surface area contributed by atoms with Gasteiger partial charge in [-0.25, -0.2) is 4.98 Å². The maximum atomic E-state index is 12.7. The summed E-state index contributed by atoms with van der Waals surface area (Å²) in [5.74, 6) is -0.401. The van der Waals surface area contributed by atoms with Crippen LogP contribution in [0, 0.1) is 0 Å². The number of hydrogen-bond donors (Lipinski definition) is 1. The normalized spacial score (nSPS) is 15.4. The minimum atomic E-state index is -1.18. The summed E-state index contributed by atoms with van der Waals surface area (Å²) in [4.78, 5) is 33.5. The summed E-state index contributed by atoms with van der Waals surface area (Å²) in [5.41, 5.74) is 0.699. The van der Waals surface area contributed by atoms with E-state index >= 15 is 0 Å². The number of nitrogens with zero attached hydrogens (tertiary/aromatic N) is 3. The molecule has 1 fully saturated rings. The molecule has 0 saturated carbocycles. The third-order valence-electron chi connectivity index (χ3n) is 4.74. The topological polar surface area (TPSA) is 73.7 Å². The number of aromatic nitrogens is 1. The molecule has 29 heavy (non-hydrogen) atoms. The number of benzene rings is 1. The molecule has 1 unspecified atom stereocenters. The van der Waals surface area contributed by atoms with E-state index in [9.17, 15) is 14.7 Å². The first kappa shape index (κ1) is 22.0. The molecule has 156 valence electrons. The summed E-state index contributed by atoms with van der Waals surface area (Å²) < 4.78 is 0. The largest absolute Gasteiger partial charge is 0.383 e. The standard InChI is InChI=1S/C20H23Cl2N3O3S/c1-2-3-18-23-12-17(29-18)20(28)25-6-4-24(5-7-25)19(27)16(26)10-13-8-14(21)11-15(22)9-13/h8-9,11-12,16,26H,2-7,10H2,1H3. The minimum Gasteiger partial charge on any atom is -0.383 e. The number of hydrogen-bond acceptors (Lipinski definition) is 5. The van der Waals surface area contributed by atoms with E-state index in [2.05, 4.69) is 11.9 Å². The zero-order valence-electron chi connectivity index (χ0n) is 16.1. The summed E-state index contributed by atoms with van der Waals surface area (Å²) in [6.45, 7) is 3.72. The van der Waals surface area contributed by atoms with Crippen LogP contribution in [-0.2, 0) is 17.6 Å². The maximum Gasteiger partial charge on any atom is 0.265 e. The Hall–Kier alpha value is -1.67. The van der Waals surface area contributed by atoms with Crippen LogP contribution in [0.15, 0.2) is 24.4 Å². The lowest BCUT2D eigenvalue weighted by Gasteiger charge is -2.35. The van der Waals surface area contributed by atoms with E-state index < -0.39 is 6.10 Å². The van der Waals surface area contributed by atoms with Gasteiger partial charge in [0.05, 0.1) is 11.2 Å². The molecule has 9 heteroatoms. The molecule has 0 spiro atoms. The quantitative estimate of drug-likeness (QED) is 0.724. The van der Waals surface area contributed by atoms with Gasteiger partial charge in [0.1, 0.15) is 11.0 Å². The summed E-state index contributed by atoms with van der Waals surface area (Å²) in [7, 11) is 0.